The first-order valence-electron chi connectivity index (χ1n) is 6.87. The average molecular weight is 336 g/mol. The highest BCUT2D eigenvalue weighted by Gasteiger charge is 2.10. The molecule has 0 amide bonds. The lowest BCUT2D eigenvalue weighted by atomic mass is 10.2. The zero-order valence-corrected chi connectivity index (χ0v) is 13.5. The van der Waals surface area contributed by atoms with Gasteiger partial charge in [-0.2, -0.15) is 0 Å². The number of nitrogens with one attached hydrogen (secondary N) is 1. The zero-order valence-electron chi connectivity index (χ0n) is 11.9. The third kappa shape index (κ3) is 3.66. The van der Waals surface area contributed by atoms with Crippen molar-refractivity contribution in [3.63, 3.8) is 0 Å². The molecule has 3 aromatic rings. The summed E-state index contributed by atoms with van der Waals surface area (Å²) in [5.41, 5.74) is 0.937. The van der Waals surface area contributed by atoms with E-state index in [9.17, 15) is 0 Å². The van der Waals surface area contributed by atoms with Crippen LogP contribution in [0.2, 0.25) is 5.02 Å². The topological polar surface area (TPSA) is 80.5 Å². The maximum atomic E-state index is 5.87. The van der Waals surface area contributed by atoms with Crippen LogP contribution in [0.5, 0.6) is 0 Å². The van der Waals surface area contributed by atoms with Crippen molar-refractivity contribution in [2.24, 2.45) is 0 Å². The van der Waals surface area contributed by atoms with Gasteiger partial charge < -0.3 is 4.42 Å². The number of halogens is 1. The Hall–Kier alpha value is -1.86. The summed E-state index contributed by atoms with van der Waals surface area (Å²) < 4.78 is 5.53. The molecule has 0 radical (unpaired) electrons. The first kappa shape index (κ1) is 15.1. The van der Waals surface area contributed by atoms with Crippen LogP contribution >= 0.6 is 23.4 Å². The SMILES string of the molecule is CCCc1nnc(CSc2n[nH]c(-c3ccc(Cl)cc3)n2)o1. The minimum atomic E-state index is 0.550. The molecule has 2 heterocycles. The Balaban J connectivity index is 1.62. The van der Waals surface area contributed by atoms with E-state index >= 15 is 0 Å². The summed E-state index contributed by atoms with van der Waals surface area (Å²) in [4.78, 5) is 4.43. The number of benzene rings is 1. The molecule has 8 heteroatoms. The van der Waals surface area contributed by atoms with Gasteiger partial charge in [0.2, 0.25) is 16.9 Å². The van der Waals surface area contributed by atoms with E-state index in [-0.39, 0.29) is 0 Å². The second-order valence-electron chi connectivity index (χ2n) is 4.60. The number of hydrogen-bond donors (Lipinski definition) is 1. The molecule has 0 fully saturated rings. The Kier molecular flexibility index (Phi) is 4.74. The van der Waals surface area contributed by atoms with Crippen molar-refractivity contribution in [2.75, 3.05) is 0 Å². The third-order valence-electron chi connectivity index (χ3n) is 2.88. The van der Waals surface area contributed by atoms with E-state index in [2.05, 4.69) is 32.3 Å². The highest BCUT2D eigenvalue weighted by atomic mass is 35.5. The first-order chi connectivity index (χ1) is 10.7. The van der Waals surface area contributed by atoms with E-state index in [1.807, 2.05) is 24.3 Å². The molecule has 3 rings (SSSR count). The Labute approximate surface area is 136 Å². The molecule has 0 aliphatic carbocycles. The van der Waals surface area contributed by atoms with Crippen molar-refractivity contribution in [2.45, 2.75) is 30.7 Å². The molecule has 1 aromatic carbocycles. The van der Waals surface area contributed by atoms with Crippen molar-refractivity contribution >= 4 is 23.4 Å². The molecule has 6 nitrogen and oxygen atoms in total. The minimum absolute atomic E-state index is 0.550. The Morgan fingerprint density at radius 2 is 1.95 bits per heavy atom. The molecular weight excluding hydrogens is 322 g/mol. The van der Waals surface area contributed by atoms with Gasteiger partial charge in [-0.3, -0.25) is 5.10 Å². The molecular formula is C14H14ClN5OS. The predicted molar refractivity (Wildman–Crippen MR) is 84.7 cm³/mol. The molecule has 0 atom stereocenters. The third-order valence-corrected chi connectivity index (χ3v) is 3.96. The molecule has 0 bridgehead atoms. The molecule has 0 aliphatic heterocycles. The lowest BCUT2D eigenvalue weighted by Gasteiger charge is -1.95. The van der Waals surface area contributed by atoms with Crippen molar-refractivity contribution < 1.29 is 4.42 Å². The maximum absolute atomic E-state index is 5.87. The number of aryl methyl sites for hydroxylation is 1. The predicted octanol–water partition coefficient (Wildman–Crippen LogP) is 3.75. The Morgan fingerprint density at radius 1 is 1.18 bits per heavy atom. The number of nitrogens with zero attached hydrogens (tertiary/aromatic N) is 4. The molecule has 0 saturated heterocycles. The van der Waals surface area contributed by atoms with Gasteiger partial charge in [-0.05, 0) is 30.7 Å². The zero-order chi connectivity index (χ0) is 15.4. The summed E-state index contributed by atoms with van der Waals surface area (Å²) in [5, 5.41) is 16.4. The van der Waals surface area contributed by atoms with Crippen LogP contribution in [0.4, 0.5) is 0 Å². The van der Waals surface area contributed by atoms with E-state index < -0.39 is 0 Å². The van der Waals surface area contributed by atoms with Crippen molar-refractivity contribution in [3.05, 3.63) is 41.1 Å². The largest absolute Gasteiger partial charge is 0.424 e. The standard InChI is InChI=1S/C14H14ClN5OS/c1-2-3-11-17-18-12(21-11)8-22-14-16-13(19-20-14)9-4-6-10(15)7-5-9/h4-7H,2-3,8H2,1H3,(H,16,19,20). The second kappa shape index (κ2) is 6.93. The van der Waals surface area contributed by atoms with Crippen molar-refractivity contribution in [1.82, 2.24) is 25.4 Å². The van der Waals surface area contributed by atoms with E-state index in [1.54, 1.807) is 0 Å². The van der Waals surface area contributed by atoms with E-state index in [4.69, 9.17) is 16.0 Å². The van der Waals surface area contributed by atoms with Crippen LogP contribution < -0.4 is 0 Å². The van der Waals surface area contributed by atoms with Crippen LogP contribution in [0.3, 0.4) is 0 Å². The second-order valence-corrected chi connectivity index (χ2v) is 5.98. The fourth-order valence-electron chi connectivity index (χ4n) is 1.84. The number of aromatic nitrogens is 5. The van der Waals surface area contributed by atoms with Gasteiger partial charge in [0.15, 0.2) is 5.82 Å². The number of thioether (sulfide) groups is 1. The normalized spacial score (nSPS) is 11.0. The highest BCUT2D eigenvalue weighted by molar-refractivity contribution is 7.98. The van der Waals surface area contributed by atoms with Gasteiger partial charge in [0.25, 0.3) is 0 Å². The van der Waals surface area contributed by atoms with Crippen LogP contribution in [-0.4, -0.2) is 25.4 Å². The van der Waals surface area contributed by atoms with Gasteiger partial charge in [0.1, 0.15) is 0 Å². The van der Waals surface area contributed by atoms with Gasteiger partial charge in [-0.1, -0.05) is 30.3 Å². The molecule has 0 unspecified atom stereocenters. The first-order valence-corrected chi connectivity index (χ1v) is 8.23. The van der Waals surface area contributed by atoms with Crippen LogP contribution in [0.15, 0.2) is 33.8 Å². The van der Waals surface area contributed by atoms with E-state index in [0.29, 0.717) is 33.5 Å². The summed E-state index contributed by atoms with van der Waals surface area (Å²) >= 11 is 7.32. The number of aromatic amines is 1. The average Bonchev–Trinajstić information content (AvgIpc) is 3.16. The maximum Gasteiger partial charge on any atom is 0.226 e. The van der Waals surface area contributed by atoms with E-state index in [1.165, 1.54) is 11.8 Å². The van der Waals surface area contributed by atoms with Crippen LogP contribution in [0.25, 0.3) is 11.4 Å². The lowest BCUT2D eigenvalue weighted by molar-refractivity contribution is 0.462. The van der Waals surface area contributed by atoms with Gasteiger partial charge in [-0.15, -0.1) is 15.3 Å². The monoisotopic (exact) mass is 335 g/mol. The number of H-pyrrole nitrogens is 1. The fraction of sp³-hybridized carbons (Fsp3) is 0.286. The summed E-state index contributed by atoms with van der Waals surface area (Å²) in [6, 6.07) is 7.43. The highest BCUT2D eigenvalue weighted by Crippen LogP contribution is 2.23. The molecule has 0 aliphatic rings. The van der Waals surface area contributed by atoms with E-state index in [0.717, 1.165) is 18.4 Å². The van der Waals surface area contributed by atoms with Crippen molar-refractivity contribution in [3.8, 4) is 11.4 Å². The molecule has 114 valence electrons. The smallest absolute Gasteiger partial charge is 0.226 e. The number of hydrogen-bond acceptors (Lipinski definition) is 6. The molecule has 2 aromatic heterocycles. The van der Waals surface area contributed by atoms with Gasteiger partial charge in [0, 0.05) is 17.0 Å². The van der Waals surface area contributed by atoms with Gasteiger partial charge in [-0.25, -0.2) is 4.98 Å². The summed E-state index contributed by atoms with van der Waals surface area (Å²) in [5.74, 6) is 2.52. The summed E-state index contributed by atoms with van der Waals surface area (Å²) in [6.07, 6.45) is 1.79. The van der Waals surface area contributed by atoms with Crippen LogP contribution in [-0.2, 0) is 12.2 Å². The summed E-state index contributed by atoms with van der Waals surface area (Å²) in [6.45, 7) is 2.07. The Bertz CT molecular complexity index is 740. The quantitative estimate of drug-likeness (QED) is 0.691. The molecule has 1 N–H and O–H groups in total. The van der Waals surface area contributed by atoms with Crippen LogP contribution in [0.1, 0.15) is 25.1 Å². The molecule has 0 saturated carbocycles. The molecule has 0 spiro atoms. The van der Waals surface area contributed by atoms with Gasteiger partial charge in [0.05, 0.1) is 5.75 Å². The van der Waals surface area contributed by atoms with Gasteiger partial charge >= 0.3 is 0 Å². The fourth-order valence-corrected chi connectivity index (χ4v) is 2.60. The van der Waals surface area contributed by atoms with Crippen LogP contribution in [0, 0.1) is 0 Å². The molecule has 22 heavy (non-hydrogen) atoms. The minimum Gasteiger partial charge on any atom is -0.424 e. The lowest BCUT2D eigenvalue weighted by Crippen LogP contribution is -1.82. The van der Waals surface area contributed by atoms with Crippen molar-refractivity contribution in [1.29, 1.82) is 0 Å². The summed E-state index contributed by atoms with van der Waals surface area (Å²) in [7, 11) is 0. The Morgan fingerprint density at radius 3 is 2.73 bits per heavy atom. The number of rotatable bonds is 6.